The number of hydrogen-bond donors (Lipinski definition) is 2. The Morgan fingerprint density at radius 1 is 1.56 bits per heavy atom. The number of aromatic amines is 1. The molecule has 3 nitrogen and oxygen atoms in total. The molecular formula is C13H21N3. The molecule has 1 aromatic rings. The van der Waals surface area contributed by atoms with Gasteiger partial charge in [0.1, 0.15) is 0 Å². The summed E-state index contributed by atoms with van der Waals surface area (Å²) in [6.07, 6.45) is 6.77. The number of nitrogens with zero attached hydrogens (tertiary/aromatic N) is 1. The SMILES string of the molecule is CC1=CCC[C@H](C)[C@@H]1CNCc1ccn[nH]1. The number of H-pyrrole nitrogens is 1. The van der Waals surface area contributed by atoms with Gasteiger partial charge in [0, 0.05) is 25.0 Å². The second-order valence-electron chi connectivity index (χ2n) is 4.82. The summed E-state index contributed by atoms with van der Waals surface area (Å²) < 4.78 is 0. The van der Waals surface area contributed by atoms with E-state index in [1.54, 1.807) is 11.8 Å². The van der Waals surface area contributed by atoms with Crippen LogP contribution >= 0.6 is 0 Å². The summed E-state index contributed by atoms with van der Waals surface area (Å²) in [5.74, 6) is 1.51. The lowest BCUT2D eigenvalue weighted by molar-refractivity contribution is 0.349. The van der Waals surface area contributed by atoms with Crippen LogP contribution in [0.1, 0.15) is 32.4 Å². The van der Waals surface area contributed by atoms with E-state index in [-0.39, 0.29) is 0 Å². The maximum absolute atomic E-state index is 3.94. The summed E-state index contributed by atoms with van der Waals surface area (Å²) in [4.78, 5) is 0. The Hall–Kier alpha value is -1.09. The summed E-state index contributed by atoms with van der Waals surface area (Å²) >= 11 is 0. The molecule has 0 fully saturated rings. The first-order valence-corrected chi connectivity index (χ1v) is 6.13. The fourth-order valence-electron chi connectivity index (χ4n) is 2.48. The standard InChI is InChI=1S/C13H21N3/c1-10-4-3-5-11(2)13(10)9-14-8-12-6-7-15-16-12/h4,6-7,11,13-14H,3,5,8-9H2,1-2H3,(H,15,16)/t11-,13+/m0/s1. The number of allylic oxidation sites excluding steroid dienone is 1. The van der Waals surface area contributed by atoms with E-state index < -0.39 is 0 Å². The van der Waals surface area contributed by atoms with Crippen LogP contribution < -0.4 is 5.32 Å². The van der Waals surface area contributed by atoms with Crippen molar-refractivity contribution in [2.24, 2.45) is 11.8 Å². The van der Waals surface area contributed by atoms with Crippen LogP contribution in [0, 0.1) is 11.8 Å². The van der Waals surface area contributed by atoms with Gasteiger partial charge < -0.3 is 5.32 Å². The van der Waals surface area contributed by atoms with Crippen molar-refractivity contribution in [3.8, 4) is 0 Å². The highest BCUT2D eigenvalue weighted by Crippen LogP contribution is 2.29. The molecule has 2 N–H and O–H groups in total. The van der Waals surface area contributed by atoms with Gasteiger partial charge in [0.05, 0.1) is 0 Å². The van der Waals surface area contributed by atoms with Crippen molar-refractivity contribution < 1.29 is 0 Å². The topological polar surface area (TPSA) is 40.7 Å². The lowest BCUT2D eigenvalue weighted by atomic mass is 9.80. The number of aromatic nitrogens is 2. The minimum absolute atomic E-state index is 0.705. The van der Waals surface area contributed by atoms with Crippen LogP contribution in [-0.2, 0) is 6.54 Å². The summed E-state index contributed by atoms with van der Waals surface area (Å²) in [5.41, 5.74) is 2.71. The molecule has 2 rings (SSSR count). The van der Waals surface area contributed by atoms with Crippen molar-refractivity contribution >= 4 is 0 Å². The fourth-order valence-corrected chi connectivity index (χ4v) is 2.48. The van der Waals surface area contributed by atoms with Crippen LogP contribution in [0.25, 0.3) is 0 Å². The maximum Gasteiger partial charge on any atom is 0.0490 e. The van der Waals surface area contributed by atoms with E-state index >= 15 is 0 Å². The predicted molar refractivity (Wildman–Crippen MR) is 65.9 cm³/mol. The first-order chi connectivity index (χ1) is 7.77. The molecule has 0 spiro atoms. The molecule has 0 radical (unpaired) electrons. The van der Waals surface area contributed by atoms with Crippen LogP contribution in [0.15, 0.2) is 23.9 Å². The van der Waals surface area contributed by atoms with E-state index in [4.69, 9.17) is 0 Å². The van der Waals surface area contributed by atoms with Crippen molar-refractivity contribution in [2.45, 2.75) is 33.2 Å². The zero-order valence-electron chi connectivity index (χ0n) is 10.2. The smallest absolute Gasteiger partial charge is 0.0490 e. The predicted octanol–water partition coefficient (Wildman–Crippen LogP) is 2.49. The molecule has 0 saturated carbocycles. The van der Waals surface area contributed by atoms with Gasteiger partial charge in [-0.2, -0.15) is 5.10 Å². The van der Waals surface area contributed by atoms with Gasteiger partial charge in [0.2, 0.25) is 0 Å². The van der Waals surface area contributed by atoms with Crippen molar-refractivity contribution in [3.05, 3.63) is 29.6 Å². The first-order valence-electron chi connectivity index (χ1n) is 6.13. The van der Waals surface area contributed by atoms with Crippen LogP contribution in [0.4, 0.5) is 0 Å². The number of rotatable bonds is 4. The van der Waals surface area contributed by atoms with Crippen LogP contribution in [-0.4, -0.2) is 16.7 Å². The summed E-state index contributed by atoms with van der Waals surface area (Å²) in [5, 5.41) is 10.4. The molecule has 0 bridgehead atoms. The molecule has 3 heteroatoms. The average molecular weight is 219 g/mol. The Morgan fingerprint density at radius 3 is 3.12 bits per heavy atom. The molecule has 2 atom stereocenters. The lowest BCUT2D eigenvalue weighted by Crippen LogP contribution is -2.29. The highest BCUT2D eigenvalue weighted by atomic mass is 15.1. The van der Waals surface area contributed by atoms with Gasteiger partial charge in [-0.25, -0.2) is 0 Å². The Bertz CT molecular complexity index is 340. The van der Waals surface area contributed by atoms with Crippen molar-refractivity contribution in [2.75, 3.05) is 6.54 Å². The highest BCUT2D eigenvalue weighted by Gasteiger charge is 2.21. The second kappa shape index (κ2) is 5.30. The van der Waals surface area contributed by atoms with Crippen molar-refractivity contribution in [1.82, 2.24) is 15.5 Å². The monoisotopic (exact) mass is 219 g/mol. The molecule has 88 valence electrons. The van der Waals surface area contributed by atoms with Gasteiger partial charge in [-0.3, -0.25) is 5.10 Å². The van der Waals surface area contributed by atoms with Crippen LogP contribution in [0.2, 0.25) is 0 Å². The zero-order valence-corrected chi connectivity index (χ0v) is 10.2. The molecule has 0 unspecified atom stereocenters. The molecule has 1 aromatic heterocycles. The maximum atomic E-state index is 3.94. The van der Waals surface area contributed by atoms with E-state index in [1.165, 1.54) is 12.8 Å². The third kappa shape index (κ3) is 2.73. The van der Waals surface area contributed by atoms with Crippen LogP contribution in [0.5, 0.6) is 0 Å². The Morgan fingerprint density at radius 2 is 2.44 bits per heavy atom. The van der Waals surface area contributed by atoms with Crippen LogP contribution in [0.3, 0.4) is 0 Å². The van der Waals surface area contributed by atoms with E-state index in [9.17, 15) is 0 Å². The minimum atomic E-state index is 0.705. The van der Waals surface area contributed by atoms with Gasteiger partial charge in [-0.15, -0.1) is 0 Å². The molecule has 1 aliphatic rings. The van der Waals surface area contributed by atoms with Gasteiger partial charge in [0.25, 0.3) is 0 Å². The Balaban J connectivity index is 1.80. The molecule has 1 heterocycles. The van der Waals surface area contributed by atoms with Gasteiger partial charge >= 0.3 is 0 Å². The quantitative estimate of drug-likeness (QED) is 0.764. The molecular weight excluding hydrogens is 198 g/mol. The zero-order chi connectivity index (χ0) is 11.4. The first kappa shape index (κ1) is 11.4. The van der Waals surface area contributed by atoms with Gasteiger partial charge in [-0.1, -0.05) is 18.6 Å². The average Bonchev–Trinajstić information content (AvgIpc) is 2.75. The third-order valence-corrected chi connectivity index (χ3v) is 3.60. The minimum Gasteiger partial charge on any atom is -0.311 e. The van der Waals surface area contributed by atoms with Gasteiger partial charge in [0.15, 0.2) is 0 Å². The normalized spacial score (nSPS) is 25.5. The summed E-state index contributed by atoms with van der Waals surface area (Å²) in [7, 11) is 0. The van der Waals surface area contributed by atoms with E-state index in [1.807, 2.05) is 6.07 Å². The second-order valence-corrected chi connectivity index (χ2v) is 4.82. The third-order valence-electron chi connectivity index (χ3n) is 3.60. The highest BCUT2D eigenvalue weighted by molar-refractivity contribution is 5.09. The van der Waals surface area contributed by atoms with Gasteiger partial charge in [-0.05, 0) is 37.7 Å². The molecule has 0 saturated heterocycles. The molecule has 1 aliphatic carbocycles. The molecule has 0 amide bonds. The number of nitrogens with one attached hydrogen (secondary N) is 2. The molecule has 0 aromatic carbocycles. The lowest BCUT2D eigenvalue weighted by Gasteiger charge is -2.28. The van der Waals surface area contributed by atoms with E-state index in [0.29, 0.717) is 5.92 Å². The van der Waals surface area contributed by atoms with Crippen molar-refractivity contribution in [1.29, 1.82) is 0 Å². The number of hydrogen-bond acceptors (Lipinski definition) is 2. The van der Waals surface area contributed by atoms with E-state index in [2.05, 4.69) is 35.4 Å². The van der Waals surface area contributed by atoms with E-state index in [0.717, 1.165) is 24.7 Å². The Kier molecular flexibility index (Phi) is 3.78. The fraction of sp³-hybridized carbons (Fsp3) is 0.615. The Labute approximate surface area is 97.3 Å². The van der Waals surface area contributed by atoms with Crippen molar-refractivity contribution in [3.63, 3.8) is 0 Å². The molecule has 16 heavy (non-hydrogen) atoms. The summed E-state index contributed by atoms with van der Waals surface area (Å²) in [6.45, 7) is 6.58. The largest absolute Gasteiger partial charge is 0.311 e. The molecule has 0 aliphatic heterocycles. The summed E-state index contributed by atoms with van der Waals surface area (Å²) in [6, 6.07) is 2.01.